The van der Waals surface area contributed by atoms with Gasteiger partial charge < -0.3 is 15.7 Å². The highest BCUT2D eigenvalue weighted by Crippen LogP contribution is 2.22. The first kappa shape index (κ1) is 17.2. The predicted octanol–water partition coefficient (Wildman–Crippen LogP) is 1.26. The molecule has 0 saturated carbocycles. The van der Waals surface area contributed by atoms with E-state index in [-0.39, 0.29) is 15.6 Å². The van der Waals surface area contributed by atoms with Crippen LogP contribution in [0.25, 0.3) is 0 Å². The fourth-order valence-electron chi connectivity index (χ4n) is 1.31. The van der Waals surface area contributed by atoms with E-state index in [0.717, 1.165) is 0 Å². The van der Waals surface area contributed by atoms with Crippen LogP contribution in [-0.2, 0) is 9.59 Å². The number of carbonyl (C=O) groups excluding carboxylic acids is 2. The van der Waals surface area contributed by atoms with Crippen molar-refractivity contribution in [1.82, 2.24) is 10.6 Å². The van der Waals surface area contributed by atoms with Crippen molar-refractivity contribution in [3.05, 3.63) is 33.8 Å². The molecule has 2 amide bonds. The number of alkyl halides is 1. The van der Waals surface area contributed by atoms with Crippen LogP contribution in [0, 0.1) is 0 Å². The van der Waals surface area contributed by atoms with Gasteiger partial charge in [0.1, 0.15) is 6.67 Å². The van der Waals surface area contributed by atoms with E-state index in [4.69, 9.17) is 28.3 Å². The summed E-state index contributed by atoms with van der Waals surface area (Å²) in [7, 11) is 0. The molecule has 1 aromatic carbocycles. The number of aliphatic carboxylic acids is 1. The van der Waals surface area contributed by atoms with E-state index in [1.807, 2.05) is 5.32 Å². The molecule has 1 unspecified atom stereocenters. The smallest absolute Gasteiger partial charge is 0.328 e. The Morgan fingerprint density at radius 2 is 1.90 bits per heavy atom. The van der Waals surface area contributed by atoms with Crippen LogP contribution in [0.2, 0.25) is 10.0 Å². The Morgan fingerprint density at radius 3 is 2.43 bits per heavy atom. The molecule has 1 atom stereocenters. The van der Waals surface area contributed by atoms with Crippen molar-refractivity contribution in [2.24, 2.45) is 0 Å². The van der Waals surface area contributed by atoms with Gasteiger partial charge in [-0.15, -0.1) is 0 Å². The molecule has 114 valence electrons. The average Bonchev–Trinajstić information content (AvgIpc) is 2.44. The molecular weight excluding hydrogens is 326 g/mol. The largest absolute Gasteiger partial charge is 0.480 e. The molecule has 0 aliphatic rings. The third-order valence-electron chi connectivity index (χ3n) is 2.38. The molecule has 0 saturated heterocycles. The Bertz CT molecular complexity index is 568. The lowest BCUT2D eigenvalue weighted by Gasteiger charge is -2.11. The van der Waals surface area contributed by atoms with E-state index in [2.05, 4.69) is 5.32 Å². The quantitative estimate of drug-likeness (QED) is 0.728. The Hall–Kier alpha value is -1.86. The van der Waals surface area contributed by atoms with Crippen LogP contribution in [0.5, 0.6) is 0 Å². The lowest BCUT2D eigenvalue weighted by atomic mass is 10.2. The number of carbonyl (C=O) groups is 3. The van der Waals surface area contributed by atoms with Gasteiger partial charge in [0.15, 0.2) is 6.04 Å². The van der Waals surface area contributed by atoms with Crippen molar-refractivity contribution < 1.29 is 23.9 Å². The zero-order chi connectivity index (χ0) is 16.0. The zero-order valence-corrected chi connectivity index (χ0v) is 12.0. The Labute approximate surface area is 129 Å². The maximum Gasteiger partial charge on any atom is 0.328 e. The Kier molecular flexibility index (Phi) is 6.39. The van der Waals surface area contributed by atoms with Gasteiger partial charge in [-0.05, 0) is 18.2 Å². The minimum Gasteiger partial charge on any atom is -0.480 e. The van der Waals surface area contributed by atoms with Gasteiger partial charge in [-0.25, -0.2) is 9.18 Å². The fraction of sp³-hybridized carbons (Fsp3) is 0.250. The van der Waals surface area contributed by atoms with Crippen LogP contribution < -0.4 is 10.6 Å². The summed E-state index contributed by atoms with van der Waals surface area (Å²) in [5.74, 6) is -2.93. The number of carboxylic acids is 1. The highest BCUT2D eigenvalue weighted by Gasteiger charge is 2.19. The molecule has 0 aliphatic carbocycles. The molecule has 0 bridgehead atoms. The van der Waals surface area contributed by atoms with Crippen molar-refractivity contribution in [2.75, 3.05) is 13.2 Å². The number of carboxylic acid groups (broad SMARTS) is 1. The maximum absolute atomic E-state index is 12.3. The molecule has 9 heteroatoms. The summed E-state index contributed by atoms with van der Waals surface area (Å²) in [5.41, 5.74) is 0.178. The summed E-state index contributed by atoms with van der Waals surface area (Å²) >= 11 is 11.4. The van der Waals surface area contributed by atoms with Crippen LogP contribution in [0.3, 0.4) is 0 Å². The zero-order valence-electron chi connectivity index (χ0n) is 10.5. The summed E-state index contributed by atoms with van der Waals surface area (Å²) in [6.45, 7) is -1.75. The molecule has 21 heavy (non-hydrogen) atoms. The number of benzene rings is 1. The molecule has 1 aromatic rings. The SMILES string of the molecule is O=C(CNC(=O)c1ccc(Cl)c(Cl)c1)NC(CF)C(=O)O. The van der Waals surface area contributed by atoms with Gasteiger partial charge >= 0.3 is 5.97 Å². The monoisotopic (exact) mass is 336 g/mol. The number of amides is 2. The highest BCUT2D eigenvalue weighted by molar-refractivity contribution is 6.42. The van der Waals surface area contributed by atoms with Gasteiger partial charge in [0, 0.05) is 5.56 Å². The lowest BCUT2D eigenvalue weighted by molar-refractivity contribution is -0.142. The second-order valence-electron chi connectivity index (χ2n) is 3.92. The molecule has 6 nitrogen and oxygen atoms in total. The summed E-state index contributed by atoms with van der Waals surface area (Å²) in [4.78, 5) is 33.6. The standard InChI is InChI=1S/C12H11Cl2FN2O4/c13-7-2-1-6(3-8(7)14)11(19)16-5-10(18)17-9(4-15)12(20)21/h1-3,9H,4-5H2,(H,16,19)(H,17,18)(H,20,21). The van der Waals surface area contributed by atoms with E-state index in [0.29, 0.717) is 0 Å². The molecular formula is C12H11Cl2FN2O4. The average molecular weight is 337 g/mol. The normalized spacial score (nSPS) is 11.6. The van der Waals surface area contributed by atoms with Gasteiger partial charge in [0.05, 0.1) is 16.6 Å². The van der Waals surface area contributed by atoms with Gasteiger partial charge in [0.25, 0.3) is 5.91 Å². The Balaban J connectivity index is 2.54. The maximum atomic E-state index is 12.3. The second kappa shape index (κ2) is 7.80. The number of rotatable bonds is 6. The van der Waals surface area contributed by atoms with Crippen molar-refractivity contribution >= 4 is 41.0 Å². The van der Waals surface area contributed by atoms with E-state index in [1.54, 1.807) is 0 Å². The molecule has 0 aliphatic heterocycles. The van der Waals surface area contributed by atoms with Crippen molar-refractivity contribution in [1.29, 1.82) is 0 Å². The first-order valence-electron chi connectivity index (χ1n) is 5.66. The first-order chi connectivity index (χ1) is 9.85. The number of hydrogen-bond acceptors (Lipinski definition) is 3. The minimum absolute atomic E-state index is 0.178. The highest BCUT2D eigenvalue weighted by atomic mass is 35.5. The van der Waals surface area contributed by atoms with Crippen LogP contribution in [0.4, 0.5) is 4.39 Å². The molecule has 3 N–H and O–H groups in total. The first-order valence-corrected chi connectivity index (χ1v) is 6.42. The molecule has 0 radical (unpaired) electrons. The van der Waals surface area contributed by atoms with Gasteiger partial charge in [0.2, 0.25) is 5.91 Å². The van der Waals surface area contributed by atoms with E-state index in [9.17, 15) is 18.8 Å². The molecule has 0 heterocycles. The molecule has 0 fully saturated rings. The lowest BCUT2D eigenvalue weighted by Crippen LogP contribution is -2.46. The number of halogens is 3. The second-order valence-corrected chi connectivity index (χ2v) is 4.74. The molecule has 0 aromatic heterocycles. The van der Waals surface area contributed by atoms with E-state index >= 15 is 0 Å². The predicted molar refractivity (Wildman–Crippen MR) is 74.3 cm³/mol. The third kappa shape index (κ3) is 5.20. The van der Waals surface area contributed by atoms with Gasteiger partial charge in [-0.1, -0.05) is 23.2 Å². The summed E-state index contributed by atoms with van der Waals surface area (Å²) < 4.78 is 12.3. The number of hydrogen-bond donors (Lipinski definition) is 3. The van der Waals surface area contributed by atoms with Gasteiger partial charge in [-0.2, -0.15) is 0 Å². The topological polar surface area (TPSA) is 95.5 Å². The third-order valence-corrected chi connectivity index (χ3v) is 3.12. The van der Waals surface area contributed by atoms with Crippen molar-refractivity contribution in [3.8, 4) is 0 Å². The van der Waals surface area contributed by atoms with E-state index < -0.39 is 37.0 Å². The van der Waals surface area contributed by atoms with Crippen molar-refractivity contribution in [2.45, 2.75) is 6.04 Å². The summed E-state index contributed by atoms with van der Waals surface area (Å²) in [6.07, 6.45) is 0. The Morgan fingerprint density at radius 1 is 1.24 bits per heavy atom. The van der Waals surface area contributed by atoms with E-state index in [1.165, 1.54) is 18.2 Å². The van der Waals surface area contributed by atoms with Crippen LogP contribution in [0.15, 0.2) is 18.2 Å². The molecule has 1 rings (SSSR count). The summed E-state index contributed by atoms with van der Waals surface area (Å²) in [6, 6.07) is 2.50. The fourth-order valence-corrected chi connectivity index (χ4v) is 1.61. The number of nitrogens with one attached hydrogen (secondary N) is 2. The van der Waals surface area contributed by atoms with Gasteiger partial charge in [-0.3, -0.25) is 9.59 Å². The summed E-state index contributed by atoms with van der Waals surface area (Å²) in [5, 5.41) is 13.2. The van der Waals surface area contributed by atoms with Crippen LogP contribution in [-0.4, -0.2) is 42.2 Å². The molecule has 0 spiro atoms. The van der Waals surface area contributed by atoms with Crippen LogP contribution in [0.1, 0.15) is 10.4 Å². The van der Waals surface area contributed by atoms with Crippen LogP contribution >= 0.6 is 23.2 Å². The van der Waals surface area contributed by atoms with Crippen molar-refractivity contribution in [3.63, 3.8) is 0 Å². The minimum atomic E-state index is -1.64.